The lowest BCUT2D eigenvalue weighted by atomic mass is 10.1. The van der Waals surface area contributed by atoms with Gasteiger partial charge in [0, 0.05) is 16.1 Å². The van der Waals surface area contributed by atoms with Crippen LogP contribution in [-0.4, -0.2) is 18.1 Å². The molecule has 3 nitrogen and oxygen atoms in total. The molecule has 0 saturated heterocycles. The number of methoxy groups -OCH3 is 1. The van der Waals surface area contributed by atoms with E-state index in [1.807, 2.05) is 18.2 Å². The highest BCUT2D eigenvalue weighted by atomic mass is 79.9. The largest absolute Gasteiger partial charge is 0.465 e. The summed E-state index contributed by atoms with van der Waals surface area (Å²) in [5.41, 5.74) is 1.13. The second-order valence-electron chi connectivity index (χ2n) is 2.99. The number of rotatable bonds is 1. The van der Waals surface area contributed by atoms with Gasteiger partial charge < -0.3 is 4.74 Å². The number of aromatic nitrogens is 1. The third kappa shape index (κ3) is 1.72. The number of hydrogen-bond donors (Lipinski definition) is 0. The number of halogens is 1. The Hall–Kier alpha value is -1.42. The molecule has 0 unspecified atom stereocenters. The molecule has 1 aromatic carbocycles. The fourth-order valence-corrected chi connectivity index (χ4v) is 1.86. The number of hydrogen-bond acceptors (Lipinski definition) is 3. The summed E-state index contributed by atoms with van der Waals surface area (Å²) >= 11 is 3.41. The van der Waals surface area contributed by atoms with Crippen LogP contribution in [0.3, 0.4) is 0 Å². The van der Waals surface area contributed by atoms with Crippen LogP contribution < -0.4 is 0 Å². The molecule has 0 amide bonds. The van der Waals surface area contributed by atoms with Crippen LogP contribution in [0.4, 0.5) is 0 Å². The Bertz CT molecular complexity index is 525. The number of esters is 1. The van der Waals surface area contributed by atoms with Gasteiger partial charge in [-0.25, -0.2) is 4.79 Å². The maximum Gasteiger partial charge on any atom is 0.340 e. The molecule has 2 aromatic rings. The molecule has 0 saturated carbocycles. The summed E-state index contributed by atoms with van der Waals surface area (Å²) in [5.74, 6) is -0.369. The van der Waals surface area contributed by atoms with E-state index in [1.165, 1.54) is 7.11 Å². The number of pyridine rings is 1. The lowest BCUT2D eigenvalue weighted by Crippen LogP contribution is -2.02. The van der Waals surface area contributed by atoms with Crippen molar-refractivity contribution in [1.29, 1.82) is 0 Å². The molecule has 0 atom stereocenters. The number of ether oxygens (including phenoxy) is 1. The summed E-state index contributed by atoms with van der Waals surface area (Å²) < 4.78 is 5.61. The number of benzene rings is 1. The Morgan fingerprint density at radius 1 is 1.40 bits per heavy atom. The molecule has 0 aliphatic rings. The quantitative estimate of drug-likeness (QED) is 0.745. The lowest BCUT2D eigenvalue weighted by Gasteiger charge is -2.04. The molecule has 0 aliphatic heterocycles. The van der Waals surface area contributed by atoms with Crippen molar-refractivity contribution < 1.29 is 9.53 Å². The molecular weight excluding hydrogens is 258 g/mol. The second kappa shape index (κ2) is 3.98. The monoisotopic (exact) mass is 265 g/mol. The minimum absolute atomic E-state index is 0.369. The van der Waals surface area contributed by atoms with Gasteiger partial charge in [0.15, 0.2) is 0 Å². The van der Waals surface area contributed by atoms with Crippen molar-refractivity contribution in [3.8, 4) is 0 Å². The normalized spacial score (nSPS) is 10.3. The zero-order valence-electron chi connectivity index (χ0n) is 8.03. The molecule has 76 valence electrons. The van der Waals surface area contributed by atoms with Gasteiger partial charge in [0.2, 0.25) is 0 Å². The van der Waals surface area contributed by atoms with E-state index in [-0.39, 0.29) is 5.97 Å². The molecule has 2 rings (SSSR count). The summed E-state index contributed by atoms with van der Waals surface area (Å²) in [6.45, 7) is 0. The highest BCUT2D eigenvalue weighted by Crippen LogP contribution is 2.25. The topological polar surface area (TPSA) is 39.2 Å². The molecule has 0 N–H and O–H groups in total. The van der Waals surface area contributed by atoms with Gasteiger partial charge in [0.1, 0.15) is 0 Å². The molecule has 0 fully saturated rings. The first kappa shape index (κ1) is 10.1. The van der Waals surface area contributed by atoms with Crippen molar-refractivity contribution in [2.45, 2.75) is 0 Å². The average Bonchev–Trinajstić information content (AvgIpc) is 2.29. The zero-order valence-corrected chi connectivity index (χ0v) is 9.61. The smallest absolute Gasteiger partial charge is 0.340 e. The molecular formula is C11H8BrNO2. The van der Waals surface area contributed by atoms with Crippen molar-refractivity contribution >= 4 is 32.8 Å². The van der Waals surface area contributed by atoms with Crippen LogP contribution in [0.1, 0.15) is 10.4 Å². The maximum atomic E-state index is 11.5. The van der Waals surface area contributed by atoms with Crippen LogP contribution in [0.5, 0.6) is 0 Å². The molecule has 0 aliphatic carbocycles. The molecule has 0 spiro atoms. The first-order valence-electron chi connectivity index (χ1n) is 4.35. The van der Waals surface area contributed by atoms with Gasteiger partial charge >= 0.3 is 5.97 Å². The Kier molecular flexibility index (Phi) is 2.68. The van der Waals surface area contributed by atoms with E-state index in [0.717, 1.165) is 9.86 Å². The van der Waals surface area contributed by atoms with Gasteiger partial charge in [-0.1, -0.05) is 22.0 Å². The predicted octanol–water partition coefficient (Wildman–Crippen LogP) is 2.78. The van der Waals surface area contributed by atoms with E-state index in [1.54, 1.807) is 12.3 Å². The van der Waals surface area contributed by atoms with Crippen LogP contribution in [-0.2, 0) is 4.74 Å². The standard InChI is InChI=1S/C11H8BrNO2/c1-15-11(14)8-4-5-9(12)7-3-2-6-13-10(7)8/h2-6H,1H3. The van der Waals surface area contributed by atoms with Gasteiger partial charge in [-0.15, -0.1) is 0 Å². The van der Waals surface area contributed by atoms with Gasteiger partial charge in [-0.05, 0) is 18.2 Å². The van der Waals surface area contributed by atoms with E-state index in [4.69, 9.17) is 0 Å². The van der Waals surface area contributed by atoms with Crippen molar-refractivity contribution in [3.63, 3.8) is 0 Å². The van der Waals surface area contributed by atoms with Crippen LogP contribution in [0.15, 0.2) is 34.9 Å². The van der Waals surface area contributed by atoms with Crippen LogP contribution >= 0.6 is 15.9 Å². The summed E-state index contributed by atoms with van der Waals surface area (Å²) in [5, 5.41) is 0.903. The molecule has 4 heteroatoms. The Balaban J connectivity index is 2.77. The lowest BCUT2D eigenvalue weighted by molar-refractivity contribution is 0.0603. The van der Waals surface area contributed by atoms with Gasteiger partial charge in [0.25, 0.3) is 0 Å². The average molecular weight is 266 g/mol. The van der Waals surface area contributed by atoms with E-state index in [2.05, 4.69) is 25.7 Å². The zero-order chi connectivity index (χ0) is 10.8. The van der Waals surface area contributed by atoms with E-state index >= 15 is 0 Å². The van der Waals surface area contributed by atoms with Crippen molar-refractivity contribution in [1.82, 2.24) is 4.98 Å². The number of fused-ring (bicyclic) bond motifs is 1. The number of carbonyl (C=O) groups is 1. The van der Waals surface area contributed by atoms with Gasteiger partial charge in [-0.3, -0.25) is 4.98 Å². The van der Waals surface area contributed by atoms with Crippen LogP contribution in [0.25, 0.3) is 10.9 Å². The highest BCUT2D eigenvalue weighted by Gasteiger charge is 2.12. The third-order valence-electron chi connectivity index (χ3n) is 2.12. The first-order chi connectivity index (χ1) is 7.24. The van der Waals surface area contributed by atoms with Crippen LogP contribution in [0.2, 0.25) is 0 Å². The third-order valence-corrected chi connectivity index (χ3v) is 2.81. The minimum atomic E-state index is -0.369. The summed E-state index contributed by atoms with van der Waals surface area (Å²) in [4.78, 5) is 15.6. The Labute approximate surface area is 95.2 Å². The fraction of sp³-hybridized carbons (Fsp3) is 0.0909. The van der Waals surface area contributed by atoms with E-state index in [0.29, 0.717) is 11.1 Å². The van der Waals surface area contributed by atoms with E-state index in [9.17, 15) is 4.79 Å². The molecule has 1 aromatic heterocycles. The molecule has 0 radical (unpaired) electrons. The summed E-state index contributed by atoms with van der Waals surface area (Å²) in [6, 6.07) is 7.24. The number of carbonyl (C=O) groups excluding carboxylic acids is 1. The first-order valence-corrected chi connectivity index (χ1v) is 5.15. The molecule has 0 bridgehead atoms. The van der Waals surface area contributed by atoms with E-state index < -0.39 is 0 Å². The molecule has 15 heavy (non-hydrogen) atoms. The fourth-order valence-electron chi connectivity index (χ4n) is 1.41. The predicted molar refractivity (Wildman–Crippen MR) is 60.8 cm³/mol. The minimum Gasteiger partial charge on any atom is -0.465 e. The maximum absolute atomic E-state index is 11.5. The highest BCUT2D eigenvalue weighted by molar-refractivity contribution is 9.10. The number of nitrogens with zero attached hydrogens (tertiary/aromatic N) is 1. The Morgan fingerprint density at radius 2 is 2.20 bits per heavy atom. The summed E-state index contributed by atoms with van der Waals surface area (Å²) in [6.07, 6.45) is 1.65. The molecule has 1 heterocycles. The van der Waals surface area contributed by atoms with Crippen molar-refractivity contribution in [2.75, 3.05) is 7.11 Å². The van der Waals surface area contributed by atoms with Gasteiger partial charge in [-0.2, -0.15) is 0 Å². The summed E-state index contributed by atoms with van der Waals surface area (Å²) in [7, 11) is 1.36. The SMILES string of the molecule is COC(=O)c1ccc(Br)c2cccnc12. The van der Waals surface area contributed by atoms with Crippen molar-refractivity contribution in [3.05, 3.63) is 40.5 Å². The van der Waals surface area contributed by atoms with Crippen LogP contribution in [0, 0.1) is 0 Å². The Morgan fingerprint density at radius 3 is 2.93 bits per heavy atom. The second-order valence-corrected chi connectivity index (χ2v) is 3.84. The van der Waals surface area contributed by atoms with Gasteiger partial charge in [0.05, 0.1) is 18.2 Å². The van der Waals surface area contributed by atoms with Crippen molar-refractivity contribution in [2.24, 2.45) is 0 Å².